The first-order valence-corrected chi connectivity index (χ1v) is 8.90. The molecule has 0 heterocycles. The molecule has 0 bridgehead atoms. The number of hydrogen-bond acceptors (Lipinski definition) is 4. The van der Waals surface area contributed by atoms with Crippen molar-refractivity contribution < 1.29 is 19.1 Å². The summed E-state index contributed by atoms with van der Waals surface area (Å²) in [4.78, 5) is 23.9. The normalized spacial score (nSPS) is 11.6. The van der Waals surface area contributed by atoms with Crippen LogP contribution in [0.1, 0.15) is 37.8 Å². The topological polar surface area (TPSA) is 76.7 Å². The fraction of sp³-hybridized carbons (Fsp3) is 0.333. The number of para-hydroxylation sites is 1. The zero-order chi connectivity index (χ0) is 19.8. The van der Waals surface area contributed by atoms with E-state index in [9.17, 15) is 9.59 Å². The van der Waals surface area contributed by atoms with Crippen molar-refractivity contribution >= 4 is 11.8 Å². The van der Waals surface area contributed by atoms with Crippen molar-refractivity contribution in [3.63, 3.8) is 0 Å². The van der Waals surface area contributed by atoms with Gasteiger partial charge in [0.15, 0.2) is 12.7 Å². The fourth-order valence-electron chi connectivity index (χ4n) is 2.30. The first kappa shape index (κ1) is 20.3. The van der Waals surface area contributed by atoms with Crippen LogP contribution in [0.4, 0.5) is 0 Å². The highest BCUT2D eigenvalue weighted by Crippen LogP contribution is 2.19. The van der Waals surface area contributed by atoms with E-state index >= 15 is 0 Å². The minimum Gasteiger partial charge on any atom is -0.484 e. The predicted octanol–water partition coefficient (Wildman–Crippen LogP) is 3.11. The van der Waals surface area contributed by atoms with Gasteiger partial charge in [0.25, 0.3) is 11.8 Å². The second kappa shape index (κ2) is 9.62. The largest absolute Gasteiger partial charge is 0.484 e. The van der Waals surface area contributed by atoms with E-state index in [-0.39, 0.29) is 6.61 Å². The van der Waals surface area contributed by atoms with Crippen molar-refractivity contribution in [3.8, 4) is 11.5 Å². The summed E-state index contributed by atoms with van der Waals surface area (Å²) in [7, 11) is 0. The molecule has 2 aromatic carbocycles. The van der Waals surface area contributed by atoms with Gasteiger partial charge in [0.2, 0.25) is 0 Å². The highest BCUT2D eigenvalue weighted by molar-refractivity contribution is 5.85. The lowest BCUT2D eigenvalue weighted by Crippen LogP contribution is -2.48. The molecule has 2 N–H and O–H groups in total. The van der Waals surface area contributed by atoms with Gasteiger partial charge in [-0.1, -0.05) is 44.2 Å². The van der Waals surface area contributed by atoms with Gasteiger partial charge in [0, 0.05) is 0 Å². The smallest absolute Gasteiger partial charge is 0.279 e. The number of hydrazine groups is 1. The van der Waals surface area contributed by atoms with Crippen LogP contribution in [0.5, 0.6) is 11.5 Å². The Balaban J connectivity index is 1.74. The lowest BCUT2D eigenvalue weighted by molar-refractivity contribution is -0.133. The van der Waals surface area contributed by atoms with Gasteiger partial charge in [0.1, 0.15) is 11.5 Å². The van der Waals surface area contributed by atoms with E-state index in [4.69, 9.17) is 9.47 Å². The van der Waals surface area contributed by atoms with Gasteiger partial charge in [0.05, 0.1) is 0 Å². The Hall–Kier alpha value is -3.02. The first-order chi connectivity index (χ1) is 12.9. The van der Waals surface area contributed by atoms with Crippen LogP contribution in [0.25, 0.3) is 0 Å². The van der Waals surface area contributed by atoms with Crippen LogP contribution >= 0.6 is 0 Å². The summed E-state index contributed by atoms with van der Waals surface area (Å²) in [5.74, 6) is 0.741. The van der Waals surface area contributed by atoms with E-state index in [1.54, 1.807) is 13.0 Å². The zero-order valence-corrected chi connectivity index (χ0v) is 16.1. The third kappa shape index (κ3) is 6.33. The standard InChI is InChI=1S/C21H26N2O4/c1-14(2)17-9-11-18(12-10-17)26-13-20(24)22-23-21(25)16(4)27-19-8-6-5-7-15(19)3/h5-12,14,16H,13H2,1-4H3,(H,22,24)(H,23,25). The summed E-state index contributed by atoms with van der Waals surface area (Å²) in [6, 6.07) is 15.0. The summed E-state index contributed by atoms with van der Waals surface area (Å²) < 4.78 is 11.0. The molecule has 6 nitrogen and oxygen atoms in total. The number of rotatable bonds is 7. The number of aryl methyl sites for hydroxylation is 1. The van der Waals surface area contributed by atoms with Gasteiger partial charge < -0.3 is 9.47 Å². The van der Waals surface area contributed by atoms with Crippen LogP contribution in [0.2, 0.25) is 0 Å². The number of ether oxygens (including phenoxy) is 2. The Morgan fingerprint density at radius 2 is 1.63 bits per heavy atom. The van der Waals surface area contributed by atoms with Gasteiger partial charge >= 0.3 is 0 Å². The summed E-state index contributed by atoms with van der Waals surface area (Å²) in [5, 5.41) is 0. The average molecular weight is 370 g/mol. The second-order valence-corrected chi connectivity index (χ2v) is 6.58. The molecule has 0 saturated heterocycles. The maximum Gasteiger partial charge on any atom is 0.279 e. The SMILES string of the molecule is Cc1ccccc1OC(C)C(=O)NNC(=O)COc1ccc(C(C)C)cc1. The number of carbonyl (C=O) groups is 2. The average Bonchev–Trinajstić information content (AvgIpc) is 2.66. The minimum atomic E-state index is -0.754. The van der Waals surface area contributed by atoms with Crippen LogP contribution in [0.15, 0.2) is 48.5 Å². The molecule has 0 aromatic heterocycles. The number of benzene rings is 2. The molecule has 0 radical (unpaired) electrons. The Bertz CT molecular complexity index is 772. The summed E-state index contributed by atoms with van der Waals surface area (Å²) >= 11 is 0. The molecule has 2 aromatic rings. The molecule has 6 heteroatoms. The summed E-state index contributed by atoms with van der Waals surface area (Å²) in [5.41, 5.74) is 6.78. The molecule has 0 aliphatic rings. The van der Waals surface area contributed by atoms with E-state index in [2.05, 4.69) is 24.7 Å². The fourth-order valence-corrected chi connectivity index (χ4v) is 2.30. The number of nitrogens with one attached hydrogen (secondary N) is 2. The van der Waals surface area contributed by atoms with Gasteiger partial charge in [-0.25, -0.2) is 0 Å². The van der Waals surface area contributed by atoms with Gasteiger partial charge in [-0.15, -0.1) is 0 Å². The van der Waals surface area contributed by atoms with Crippen LogP contribution in [0.3, 0.4) is 0 Å². The maximum absolute atomic E-state index is 12.0. The van der Waals surface area contributed by atoms with Gasteiger partial charge in [-0.3, -0.25) is 20.4 Å². The third-order valence-corrected chi connectivity index (χ3v) is 4.01. The molecule has 2 amide bonds. The van der Waals surface area contributed by atoms with Crippen LogP contribution in [0, 0.1) is 6.92 Å². The number of carbonyl (C=O) groups excluding carboxylic acids is 2. The molecular formula is C21H26N2O4. The molecule has 0 aliphatic heterocycles. The highest BCUT2D eigenvalue weighted by atomic mass is 16.5. The predicted molar refractivity (Wildman–Crippen MR) is 104 cm³/mol. The minimum absolute atomic E-state index is 0.200. The lowest BCUT2D eigenvalue weighted by Gasteiger charge is -2.16. The molecule has 0 saturated carbocycles. The van der Waals surface area contributed by atoms with Crippen LogP contribution < -0.4 is 20.3 Å². The molecule has 1 atom stereocenters. The van der Waals surface area contributed by atoms with Crippen LogP contribution in [-0.2, 0) is 9.59 Å². The first-order valence-electron chi connectivity index (χ1n) is 8.90. The van der Waals surface area contributed by atoms with E-state index in [0.717, 1.165) is 5.56 Å². The zero-order valence-electron chi connectivity index (χ0n) is 16.1. The number of amides is 2. The van der Waals surface area contributed by atoms with E-state index in [1.807, 2.05) is 49.4 Å². The maximum atomic E-state index is 12.0. The van der Waals surface area contributed by atoms with Crippen molar-refractivity contribution in [3.05, 3.63) is 59.7 Å². The summed E-state index contributed by atoms with van der Waals surface area (Å²) in [6.45, 7) is 7.52. The van der Waals surface area contributed by atoms with E-state index in [0.29, 0.717) is 17.4 Å². The molecule has 144 valence electrons. The lowest BCUT2D eigenvalue weighted by atomic mass is 10.0. The van der Waals surface area contributed by atoms with Crippen molar-refractivity contribution in [1.29, 1.82) is 0 Å². The molecule has 2 rings (SSSR count). The van der Waals surface area contributed by atoms with E-state index < -0.39 is 17.9 Å². The van der Waals surface area contributed by atoms with Gasteiger partial charge in [-0.2, -0.15) is 0 Å². The molecule has 0 aliphatic carbocycles. The summed E-state index contributed by atoms with van der Waals surface area (Å²) in [6.07, 6.45) is -0.754. The van der Waals surface area contributed by atoms with Crippen molar-refractivity contribution in [2.24, 2.45) is 0 Å². The van der Waals surface area contributed by atoms with E-state index in [1.165, 1.54) is 5.56 Å². The molecule has 0 spiro atoms. The Morgan fingerprint density at radius 3 is 2.26 bits per heavy atom. The Labute approximate surface area is 159 Å². The Kier molecular flexibility index (Phi) is 7.23. The molecule has 1 unspecified atom stereocenters. The van der Waals surface area contributed by atoms with Crippen molar-refractivity contribution in [2.45, 2.75) is 39.7 Å². The monoisotopic (exact) mass is 370 g/mol. The molecule has 27 heavy (non-hydrogen) atoms. The van der Waals surface area contributed by atoms with Crippen molar-refractivity contribution in [2.75, 3.05) is 6.61 Å². The molecular weight excluding hydrogens is 344 g/mol. The third-order valence-electron chi connectivity index (χ3n) is 4.01. The highest BCUT2D eigenvalue weighted by Gasteiger charge is 2.16. The van der Waals surface area contributed by atoms with Crippen LogP contribution in [-0.4, -0.2) is 24.5 Å². The Morgan fingerprint density at radius 1 is 0.963 bits per heavy atom. The number of hydrogen-bond donors (Lipinski definition) is 2. The second-order valence-electron chi connectivity index (χ2n) is 6.58. The van der Waals surface area contributed by atoms with Crippen molar-refractivity contribution in [1.82, 2.24) is 10.9 Å². The quantitative estimate of drug-likeness (QED) is 0.734. The molecule has 0 fully saturated rings. The van der Waals surface area contributed by atoms with Gasteiger partial charge in [-0.05, 0) is 49.1 Å².